The Morgan fingerprint density at radius 2 is 2.21 bits per heavy atom. The number of nitrogens with zero attached hydrogens (tertiary/aromatic N) is 2. The summed E-state index contributed by atoms with van der Waals surface area (Å²) >= 11 is 0. The van der Waals surface area contributed by atoms with Crippen LogP contribution in [0.1, 0.15) is 41.7 Å². The fourth-order valence-electron chi connectivity index (χ4n) is 3.01. The average molecular weight is 261 g/mol. The number of carbonyl (C=O) groups is 1. The lowest BCUT2D eigenvalue weighted by atomic mass is 9.83. The Kier molecular flexibility index (Phi) is 4.53. The molecule has 104 valence electrons. The number of pyridine rings is 1. The Morgan fingerprint density at radius 1 is 1.47 bits per heavy atom. The van der Waals surface area contributed by atoms with Crippen LogP contribution in [0.4, 0.5) is 0 Å². The van der Waals surface area contributed by atoms with Crippen molar-refractivity contribution in [2.75, 3.05) is 13.6 Å². The molecule has 2 N–H and O–H groups in total. The van der Waals surface area contributed by atoms with E-state index >= 15 is 0 Å². The molecule has 1 aliphatic carbocycles. The van der Waals surface area contributed by atoms with Gasteiger partial charge in [0, 0.05) is 30.5 Å². The second-order valence-electron chi connectivity index (χ2n) is 5.45. The predicted octanol–water partition coefficient (Wildman–Crippen LogP) is 1.98. The number of aromatic nitrogens is 1. The number of hydrogen-bond acceptors (Lipinski definition) is 3. The minimum absolute atomic E-state index is 0.0795. The zero-order valence-electron chi connectivity index (χ0n) is 11.8. The van der Waals surface area contributed by atoms with Gasteiger partial charge in [-0.15, -0.1) is 0 Å². The normalized spacial score (nSPS) is 23.1. The van der Waals surface area contributed by atoms with Gasteiger partial charge >= 0.3 is 0 Å². The van der Waals surface area contributed by atoms with E-state index in [-0.39, 0.29) is 11.9 Å². The van der Waals surface area contributed by atoms with Gasteiger partial charge in [0.15, 0.2) is 0 Å². The number of aryl methyl sites for hydroxylation is 1. The van der Waals surface area contributed by atoms with Gasteiger partial charge in [0.05, 0.1) is 0 Å². The maximum absolute atomic E-state index is 12.5. The van der Waals surface area contributed by atoms with Crippen molar-refractivity contribution in [1.82, 2.24) is 9.88 Å². The van der Waals surface area contributed by atoms with Crippen LogP contribution >= 0.6 is 0 Å². The molecule has 1 aromatic rings. The van der Waals surface area contributed by atoms with Crippen LogP contribution in [0.3, 0.4) is 0 Å². The van der Waals surface area contributed by atoms with Crippen molar-refractivity contribution >= 4 is 5.91 Å². The zero-order valence-corrected chi connectivity index (χ0v) is 11.8. The average Bonchev–Trinajstić information content (AvgIpc) is 2.45. The quantitative estimate of drug-likeness (QED) is 0.905. The lowest BCUT2D eigenvalue weighted by Gasteiger charge is -2.37. The van der Waals surface area contributed by atoms with Gasteiger partial charge < -0.3 is 10.6 Å². The lowest BCUT2D eigenvalue weighted by molar-refractivity contribution is 0.0620. The highest BCUT2D eigenvalue weighted by molar-refractivity contribution is 5.94. The summed E-state index contributed by atoms with van der Waals surface area (Å²) in [5.41, 5.74) is 7.44. The van der Waals surface area contributed by atoms with E-state index in [1.165, 1.54) is 12.8 Å². The fraction of sp³-hybridized carbons (Fsp3) is 0.600. The number of hydrogen-bond donors (Lipinski definition) is 1. The van der Waals surface area contributed by atoms with Gasteiger partial charge in [0.25, 0.3) is 5.91 Å². The zero-order chi connectivity index (χ0) is 13.8. The van der Waals surface area contributed by atoms with Crippen LogP contribution in [-0.4, -0.2) is 35.4 Å². The molecule has 0 spiro atoms. The van der Waals surface area contributed by atoms with E-state index in [4.69, 9.17) is 5.73 Å². The second kappa shape index (κ2) is 6.15. The smallest absolute Gasteiger partial charge is 0.253 e. The maximum Gasteiger partial charge on any atom is 0.253 e. The topological polar surface area (TPSA) is 59.2 Å². The monoisotopic (exact) mass is 261 g/mol. The molecule has 4 heteroatoms. The summed E-state index contributed by atoms with van der Waals surface area (Å²) in [5, 5.41) is 0. The minimum atomic E-state index is 0.0795. The molecule has 1 aromatic heterocycles. The first-order chi connectivity index (χ1) is 9.13. The van der Waals surface area contributed by atoms with Crippen molar-refractivity contribution in [3.63, 3.8) is 0 Å². The molecular formula is C15H23N3O. The molecule has 2 atom stereocenters. The third kappa shape index (κ3) is 3.13. The van der Waals surface area contributed by atoms with Crippen molar-refractivity contribution in [3.05, 3.63) is 29.6 Å². The van der Waals surface area contributed by atoms with E-state index in [1.54, 1.807) is 12.3 Å². The summed E-state index contributed by atoms with van der Waals surface area (Å²) in [7, 11) is 1.90. The number of amides is 1. The largest absolute Gasteiger partial charge is 0.338 e. The number of carbonyl (C=O) groups excluding carboxylic acids is 1. The SMILES string of the molecule is Cc1cc(C(=O)N(C)C2CCCCC2CN)ccn1. The summed E-state index contributed by atoms with van der Waals surface area (Å²) in [6, 6.07) is 3.91. The van der Waals surface area contributed by atoms with Crippen LogP contribution < -0.4 is 5.73 Å². The molecule has 1 fully saturated rings. The predicted molar refractivity (Wildman–Crippen MR) is 75.9 cm³/mol. The van der Waals surface area contributed by atoms with Crippen molar-refractivity contribution in [2.45, 2.75) is 38.6 Å². The van der Waals surface area contributed by atoms with Crippen molar-refractivity contribution in [3.8, 4) is 0 Å². The van der Waals surface area contributed by atoms with E-state index in [2.05, 4.69) is 4.98 Å². The van der Waals surface area contributed by atoms with Gasteiger partial charge in [-0.05, 0) is 44.4 Å². The fourth-order valence-corrected chi connectivity index (χ4v) is 3.01. The summed E-state index contributed by atoms with van der Waals surface area (Å²) in [6.45, 7) is 2.57. The van der Waals surface area contributed by atoms with E-state index in [0.29, 0.717) is 12.5 Å². The molecule has 0 saturated heterocycles. The molecule has 0 bridgehead atoms. The molecule has 1 heterocycles. The van der Waals surface area contributed by atoms with E-state index in [9.17, 15) is 4.79 Å². The van der Waals surface area contributed by atoms with Crippen LogP contribution in [0.25, 0.3) is 0 Å². The molecule has 1 aliphatic rings. The van der Waals surface area contributed by atoms with E-state index in [1.807, 2.05) is 24.9 Å². The molecule has 1 amide bonds. The van der Waals surface area contributed by atoms with Crippen LogP contribution in [0, 0.1) is 12.8 Å². The van der Waals surface area contributed by atoms with Crippen LogP contribution in [-0.2, 0) is 0 Å². The number of rotatable bonds is 3. The van der Waals surface area contributed by atoms with Gasteiger partial charge in [-0.25, -0.2) is 0 Å². The molecule has 4 nitrogen and oxygen atoms in total. The molecule has 2 unspecified atom stereocenters. The van der Waals surface area contributed by atoms with E-state index in [0.717, 1.165) is 24.1 Å². The van der Waals surface area contributed by atoms with Gasteiger partial charge in [-0.1, -0.05) is 12.8 Å². The molecule has 0 aliphatic heterocycles. The summed E-state index contributed by atoms with van der Waals surface area (Å²) < 4.78 is 0. The van der Waals surface area contributed by atoms with Crippen LogP contribution in [0.15, 0.2) is 18.3 Å². The molecule has 2 rings (SSSR count). The van der Waals surface area contributed by atoms with Crippen molar-refractivity contribution in [1.29, 1.82) is 0 Å². The Labute approximate surface area is 115 Å². The highest BCUT2D eigenvalue weighted by Crippen LogP contribution is 2.28. The molecule has 0 aromatic carbocycles. The first-order valence-corrected chi connectivity index (χ1v) is 7.03. The second-order valence-corrected chi connectivity index (χ2v) is 5.45. The lowest BCUT2D eigenvalue weighted by Crippen LogP contribution is -2.45. The number of nitrogens with two attached hydrogens (primary N) is 1. The standard InChI is InChI=1S/C15H23N3O/c1-11-9-12(7-8-17-11)15(19)18(2)14-6-4-3-5-13(14)10-16/h7-9,13-14H,3-6,10,16H2,1-2H3. The Hall–Kier alpha value is -1.42. The van der Waals surface area contributed by atoms with Crippen molar-refractivity contribution in [2.24, 2.45) is 11.7 Å². The Balaban J connectivity index is 2.13. The summed E-state index contributed by atoms with van der Waals surface area (Å²) in [6.07, 6.45) is 6.31. The van der Waals surface area contributed by atoms with Gasteiger partial charge in [0.2, 0.25) is 0 Å². The van der Waals surface area contributed by atoms with Gasteiger partial charge in [-0.3, -0.25) is 9.78 Å². The molecular weight excluding hydrogens is 238 g/mol. The van der Waals surface area contributed by atoms with Crippen LogP contribution in [0.5, 0.6) is 0 Å². The maximum atomic E-state index is 12.5. The summed E-state index contributed by atoms with van der Waals surface area (Å²) in [5.74, 6) is 0.515. The Bertz CT molecular complexity index is 447. The Morgan fingerprint density at radius 3 is 2.89 bits per heavy atom. The van der Waals surface area contributed by atoms with E-state index < -0.39 is 0 Å². The first kappa shape index (κ1) is 14.0. The summed E-state index contributed by atoms with van der Waals surface area (Å²) in [4.78, 5) is 18.5. The highest BCUT2D eigenvalue weighted by Gasteiger charge is 2.30. The van der Waals surface area contributed by atoms with Gasteiger partial charge in [0.1, 0.15) is 0 Å². The third-order valence-electron chi connectivity index (χ3n) is 4.13. The van der Waals surface area contributed by atoms with Gasteiger partial charge in [-0.2, -0.15) is 0 Å². The van der Waals surface area contributed by atoms with Crippen LogP contribution in [0.2, 0.25) is 0 Å². The molecule has 1 saturated carbocycles. The highest BCUT2D eigenvalue weighted by atomic mass is 16.2. The molecule has 19 heavy (non-hydrogen) atoms. The first-order valence-electron chi connectivity index (χ1n) is 7.03. The third-order valence-corrected chi connectivity index (χ3v) is 4.13. The minimum Gasteiger partial charge on any atom is -0.338 e. The molecule has 0 radical (unpaired) electrons. The van der Waals surface area contributed by atoms with Crippen molar-refractivity contribution < 1.29 is 4.79 Å².